The van der Waals surface area contributed by atoms with Crippen LogP contribution in [-0.4, -0.2) is 42.6 Å². The molecular formula is C11H22N2O2. The summed E-state index contributed by atoms with van der Waals surface area (Å²) in [6.45, 7) is 4.99. The van der Waals surface area contributed by atoms with E-state index in [1.165, 1.54) is 20.0 Å². The Morgan fingerprint density at radius 1 is 1.60 bits per heavy atom. The second-order valence-corrected chi connectivity index (χ2v) is 4.31. The molecule has 0 aromatic rings. The second-order valence-electron chi connectivity index (χ2n) is 4.31. The van der Waals surface area contributed by atoms with Crippen LogP contribution < -0.4 is 5.73 Å². The van der Waals surface area contributed by atoms with E-state index in [2.05, 4.69) is 23.5 Å². The van der Waals surface area contributed by atoms with E-state index in [0.717, 1.165) is 6.42 Å². The Bertz CT molecular complexity index is 221. The van der Waals surface area contributed by atoms with Crippen molar-refractivity contribution in [3.8, 4) is 0 Å². The molecule has 0 spiro atoms. The lowest BCUT2D eigenvalue weighted by atomic mass is 10.1. The molecule has 4 heteroatoms. The Kier molecular flexibility index (Phi) is 4.54. The molecule has 0 aliphatic carbocycles. The zero-order valence-electron chi connectivity index (χ0n) is 9.90. The highest BCUT2D eigenvalue weighted by atomic mass is 16.5. The van der Waals surface area contributed by atoms with Crippen molar-refractivity contribution in [1.29, 1.82) is 0 Å². The fourth-order valence-corrected chi connectivity index (χ4v) is 2.35. The van der Waals surface area contributed by atoms with Crippen LogP contribution in [0.25, 0.3) is 0 Å². The number of esters is 1. The molecule has 4 nitrogen and oxygen atoms in total. The number of rotatable bonds is 4. The van der Waals surface area contributed by atoms with E-state index in [1.807, 2.05) is 0 Å². The Labute approximate surface area is 91.8 Å². The number of ether oxygens (including phenoxy) is 1. The van der Waals surface area contributed by atoms with Crippen LogP contribution in [0.2, 0.25) is 0 Å². The summed E-state index contributed by atoms with van der Waals surface area (Å²) in [7, 11) is 1.38. The van der Waals surface area contributed by atoms with E-state index in [0.29, 0.717) is 18.6 Å². The van der Waals surface area contributed by atoms with Crippen molar-refractivity contribution in [1.82, 2.24) is 4.90 Å². The Balaban J connectivity index is 2.51. The van der Waals surface area contributed by atoms with Gasteiger partial charge in [-0.05, 0) is 26.2 Å². The van der Waals surface area contributed by atoms with Gasteiger partial charge in [0.2, 0.25) is 0 Å². The van der Waals surface area contributed by atoms with Crippen LogP contribution in [0, 0.1) is 0 Å². The van der Waals surface area contributed by atoms with Crippen molar-refractivity contribution >= 4 is 5.97 Å². The molecule has 1 saturated heterocycles. The highest BCUT2D eigenvalue weighted by Gasteiger charge is 2.31. The van der Waals surface area contributed by atoms with Gasteiger partial charge in [0.05, 0.1) is 7.11 Å². The molecule has 3 unspecified atom stereocenters. The lowest BCUT2D eigenvalue weighted by Gasteiger charge is -2.29. The lowest BCUT2D eigenvalue weighted by Crippen LogP contribution is -2.47. The molecule has 88 valence electrons. The van der Waals surface area contributed by atoms with E-state index in [4.69, 9.17) is 5.73 Å². The number of carbonyl (C=O) groups is 1. The van der Waals surface area contributed by atoms with Gasteiger partial charge in [0.1, 0.15) is 6.04 Å². The number of hydrogen-bond donors (Lipinski definition) is 1. The SMILES string of the molecule is CCC1CCC(C)N1CC(N)C(=O)OC. The first-order valence-electron chi connectivity index (χ1n) is 5.69. The zero-order chi connectivity index (χ0) is 11.4. The monoisotopic (exact) mass is 214 g/mol. The Morgan fingerprint density at radius 3 is 2.80 bits per heavy atom. The standard InChI is InChI=1S/C11H22N2O2/c1-4-9-6-5-8(2)13(9)7-10(12)11(14)15-3/h8-10H,4-7,12H2,1-3H3. The fraction of sp³-hybridized carbons (Fsp3) is 0.909. The first-order chi connectivity index (χ1) is 7.10. The van der Waals surface area contributed by atoms with Crippen molar-refractivity contribution in [2.24, 2.45) is 5.73 Å². The fourth-order valence-electron chi connectivity index (χ4n) is 2.35. The largest absolute Gasteiger partial charge is 0.468 e. The molecule has 0 radical (unpaired) electrons. The number of hydrogen-bond acceptors (Lipinski definition) is 4. The number of methoxy groups -OCH3 is 1. The predicted molar refractivity (Wildman–Crippen MR) is 59.5 cm³/mol. The summed E-state index contributed by atoms with van der Waals surface area (Å²) < 4.78 is 4.64. The molecule has 1 heterocycles. The molecule has 15 heavy (non-hydrogen) atoms. The average molecular weight is 214 g/mol. The van der Waals surface area contributed by atoms with Gasteiger partial charge in [0.25, 0.3) is 0 Å². The molecule has 0 bridgehead atoms. The van der Waals surface area contributed by atoms with Crippen LogP contribution in [0.15, 0.2) is 0 Å². The topological polar surface area (TPSA) is 55.6 Å². The van der Waals surface area contributed by atoms with E-state index < -0.39 is 6.04 Å². The summed E-state index contributed by atoms with van der Waals surface area (Å²) in [5, 5.41) is 0. The van der Waals surface area contributed by atoms with Crippen LogP contribution in [0.1, 0.15) is 33.1 Å². The molecule has 0 aromatic heterocycles. The van der Waals surface area contributed by atoms with E-state index in [9.17, 15) is 4.79 Å². The molecule has 3 atom stereocenters. The lowest BCUT2D eigenvalue weighted by molar-refractivity contribution is -0.142. The van der Waals surface area contributed by atoms with E-state index >= 15 is 0 Å². The van der Waals surface area contributed by atoms with Gasteiger partial charge in [0, 0.05) is 18.6 Å². The van der Waals surface area contributed by atoms with Crippen LogP contribution in [0.3, 0.4) is 0 Å². The first kappa shape index (κ1) is 12.5. The molecule has 0 saturated carbocycles. The number of nitrogens with zero attached hydrogens (tertiary/aromatic N) is 1. The van der Waals surface area contributed by atoms with Gasteiger partial charge in [-0.3, -0.25) is 9.69 Å². The summed E-state index contributed by atoms with van der Waals surface area (Å²) in [6, 6.07) is 0.603. The summed E-state index contributed by atoms with van der Waals surface area (Å²) in [5.41, 5.74) is 5.77. The highest BCUT2D eigenvalue weighted by Crippen LogP contribution is 2.25. The van der Waals surface area contributed by atoms with Crippen LogP contribution in [0.4, 0.5) is 0 Å². The summed E-state index contributed by atoms with van der Waals surface area (Å²) in [5.74, 6) is -0.316. The van der Waals surface area contributed by atoms with Gasteiger partial charge in [-0.1, -0.05) is 6.92 Å². The normalized spacial score (nSPS) is 29.1. The molecule has 1 aliphatic rings. The third-order valence-corrected chi connectivity index (χ3v) is 3.34. The van der Waals surface area contributed by atoms with Gasteiger partial charge < -0.3 is 10.5 Å². The number of carbonyl (C=O) groups excluding carboxylic acids is 1. The quantitative estimate of drug-likeness (QED) is 0.702. The number of likely N-dealkylation sites (tertiary alicyclic amines) is 1. The second kappa shape index (κ2) is 5.47. The van der Waals surface area contributed by atoms with Gasteiger partial charge in [-0.2, -0.15) is 0 Å². The molecule has 2 N–H and O–H groups in total. The van der Waals surface area contributed by atoms with Crippen molar-refractivity contribution in [2.45, 2.75) is 51.2 Å². The van der Waals surface area contributed by atoms with E-state index in [1.54, 1.807) is 0 Å². The third-order valence-electron chi connectivity index (χ3n) is 3.34. The molecule has 1 fully saturated rings. The predicted octanol–water partition coefficient (Wildman–Crippen LogP) is 0.750. The van der Waals surface area contributed by atoms with Crippen molar-refractivity contribution < 1.29 is 9.53 Å². The zero-order valence-corrected chi connectivity index (χ0v) is 9.90. The maximum atomic E-state index is 11.2. The maximum absolute atomic E-state index is 11.2. The van der Waals surface area contributed by atoms with Crippen molar-refractivity contribution in [2.75, 3.05) is 13.7 Å². The van der Waals surface area contributed by atoms with Gasteiger partial charge in [-0.15, -0.1) is 0 Å². The average Bonchev–Trinajstić information content (AvgIpc) is 2.59. The van der Waals surface area contributed by atoms with Gasteiger partial charge in [-0.25, -0.2) is 0 Å². The molecule has 1 aliphatic heterocycles. The molecule has 1 rings (SSSR count). The third kappa shape index (κ3) is 2.92. The molecule has 0 amide bonds. The number of nitrogens with two attached hydrogens (primary N) is 1. The van der Waals surface area contributed by atoms with Crippen LogP contribution in [0.5, 0.6) is 0 Å². The van der Waals surface area contributed by atoms with Crippen LogP contribution >= 0.6 is 0 Å². The Morgan fingerprint density at radius 2 is 2.27 bits per heavy atom. The summed E-state index contributed by atoms with van der Waals surface area (Å²) >= 11 is 0. The molecular weight excluding hydrogens is 192 g/mol. The minimum atomic E-state index is -0.510. The van der Waals surface area contributed by atoms with Gasteiger partial charge in [0.15, 0.2) is 0 Å². The van der Waals surface area contributed by atoms with E-state index in [-0.39, 0.29) is 5.97 Å². The highest BCUT2D eigenvalue weighted by molar-refractivity contribution is 5.75. The minimum Gasteiger partial charge on any atom is -0.468 e. The van der Waals surface area contributed by atoms with Crippen molar-refractivity contribution in [3.63, 3.8) is 0 Å². The van der Waals surface area contributed by atoms with Crippen molar-refractivity contribution in [3.05, 3.63) is 0 Å². The summed E-state index contributed by atoms with van der Waals surface area (Å²) in [6.07, 6.45) is 3.54. The summed E-state index contributed by atoms with van der Waals surface area (Å²) in [4.78, 5) is 13.6. The van der Waals surface area contributed by atoms with Crippen LogP contribution in [-0.2, 0) is 9.53 Å². The smallest absolute Gasteiger partial charge is 0.323 e. The first-order valence-corrected chi connectivity index (χ1v) is 5.69. The maximum Gasteiger partial charge on any atom is 0.323 e. The Hall–Kier alpha value is -0.610. The van der Waals surface area contributed by atoms with Gasteiger partial charge >= 0.3 is 5.97 Å². The minimum absolute atomic E-state index is 0.316. The molecule has 0 aromatic carbocycles.